The standard InChI is InChI=1S/C24H19N2O6S/c1-28-20-3-2-14-6-19-16-8-22-21(29-12-30-22)7-15(16)4-5-26(19)9-17(14)23(20)31-13-32-24(27)18-10-33-11-25-18/h2-3,6-11H,4-5,12-13H2,1H3/q+1. The van der Waals surface area contributed by atoms with Crippen LogP contribution in [-0.4, -0.2) is 31.6 Å². The Kier molecular flexibility index (Phi) is 4.76. The van der Waals surface area contributed by atoms with Gasteiger partial charge in [0, 0.05) is 17.9 Å². The monoisotopic (exact) mass is 463 g/mol. The molecule has 4 heterocycles. The van der Waals surface area contributed by atoms with E-state index >= 15 is 0 Å². The maximum atomic E-state index is 12.1. The zero-order valence-electron chi connectivity index (χ0n) is 17.7. The van der Waals surface area contributed by atoms with Crippen LogP contribution in [0.4, 0.5) is 0 Å². The Hall–Kier alpha value is -3.85. The first kappa shape index (κ1) is 19.8. The number of ether oxygens (including phenoxy) is 5. The third-order valence-electron chi connectivity index (χ3n) is 5.83. The van der Waals surface area contributed by atoms with E-state index in [0.717, 1.165) is 46.5 Å². The molecule has 0 bridgehead atoms. The number of thiazole rings is 1. The van der Waals surface area contributed by atoms with Crippen molar-refractivity contribution in [3.8, 4) is 34.3 Å². The number of aryl methyl sites for hydroxylation is 2. The third-order valence-corrected chi connectivity index (χ3v) is 6.42. The highest BCUT2D eigenvalue weighted by molar-refractivity contribution is 7.07. The van der Waals surface area contributed by atoms with Crippen molar-refractivity contribution in [3.63, 3.8) is 0 Å². The molecular formula is C24H19N2O6S+. The highest BCUT2D eigenvalue weighted by Gasteiger charge is 2.28. The Morgan fingerprint density at radius 3 is 2.91 bits per heavy atom. The van der Waals surface area contributed by atoms with E-state index in [1.165, 1.54) is 16.9 Å². The van der Waals surface area contributed by atoms with E-state index in [-0.39, 0.29) is 19.3 Å². The van der Waals surface area contributed by atoms with Gasteiger partial charge in [0.2, 0.25) is 19.3 Å². The van der Waals surface area contributed by atoms with Crippen LogP contribution in [0.5, 0.6) is 23.0 Å². The minimum absolute atomic E-state index is 0.250. The van der Waals surface area contributed by atoms with Gasteiger partial charge >= 0.3 is 5.97 Å². The smallest absolute Gasteiger partial charge is 0.360 e. The molecule has 0 saturated heterocycles. The molecule has 0 spiro atoms. The summed E-state index contributed by atoms with van der Waals surface area (Å²) in [6.07, 6.45) is 2.93. The van der Waals surface area contributed by atoms with E-state index in [1.54, 1.807) is 18.0 Å². The molecule has 9 heteroatoms. The SMILES string of the molecule is COc1ccc2cc3[n+](cc2c1OCOC(=O)c1cscn1)CCc1cc2c(cc1-3)OCO2. The van der Waals surface area contributed by atoms with Gasteiger partial charge in [-0.2, -0.15) is 4.57 Å². The number of methoxy groups -OCH3 is 1. The normalized spacial score (nSPS) is 13.4. The molecule has 166 valence electrons. The summed E-state index contributed by atoms with van der Waals surface area (Å²) < 4.78 is 30.0. The Bertz CT molecular complexity index is 1390. The van der Waals surface area contributed by atoms with Crippen LogP contribution in [0.15, 0.2) is 47.4 Å². The number of benzene rings is 2. The molecule has 0 N–H and O–H groups in total. The number of pyridine rings is 1. The summed E-state index contributed by atoms with van der Waals surface area (Å²) in [5.74, 6) is 2.12. The topological polar surface area (TPSA) is 80.0 Å². The first-order chi connectivity index (χ1) is 16.2. The van der Waals surface area contributed by atoms with Gasteiger partial charge in [-0.15, -0.1) is 11.3 Å². The van der Waals surface area contributed by atoms with Crippen LogP contribution in [0.1, 0.15) is 16.1 Å². The number of fused-ring (bicyclic) bond motifs is 5. The maximum Gasteiger partial charge on any atom is 0.360 e. The van der Waals surface area contributed by atoms with Crippen LogP contribution in [0, 0.1) is 0 Å². The van der Waals surface area contributed by atoms with Crippen molar-refractivity contribution in [2.45, 2.75) is 13.0 Å². The molecule has 0 radical (unpaired) electrons. The number of rotatable bonds is 5. The summed E-state index contributed by atoms with van der Waals surface area (Å²) in [5, 5.41) is 3.48. The number of nitrogens with zero attached hydrogens (tertiary/aromatic N) is 2. The zero-order valence-corrected chi connectivity index (χ0v) is 18.5. The van der Waals surface area contributed by atoms with Gasteiger partial charge in [0.05, 0.1) is 23.6 Å². The minimum Gasteiger partial charge on any atom is -0.493 e. The molecule has 8 nitrogen and oxygen atoms in total. The minimum atomic E-state index is -0.530. The first-order valence-electron chi connectivity index (χ1n) is 10.4. The average molecular weight is 463 g/mol. The molecule has 2 aliphatic heterocycles. The van der Waals surface area contributed by atoms with Crippen molar-refractivity contribution in [2.24, 2.45) is 0 Å². The first-order valence-corrected chi connectivity index (χ1v) is 11.3. The number of esters is 1. The quantitative estimate of drug-likeness (QED) is 0.253. The lowest BCUT2D eigenvalue weighted by Gasteiger charge is -2.18. The highest BCUT2D eigenvalue weighted by Crippen LogP contribution is 2.41. The molecule has 2 aromatic heterocycles. The van der Waals surface area contributed by atoms with Gasteiger partial charge in [0.1, 0.15) is 0 Å². The number of carbonyl (C=O) groups is 1. The van der Waals surface area contributed by atoms with Gasteiger partial charge in [0.25, 0.3) is 0 Å². The van der Waals surface area contributed by atoms with Crippen molar-refractivity contribution in [2.75, 3.05) is 20.7 Å². The van der Waals surface area contributed by atoms with Crippen LogP contribution < -0.4 is 23.5 Å². The van der Waals surface area contributed by atoms with Crippen LogP contribution in [-0.2, 0) is 17.7 Å². The van der Waals surface area contributed by atoms with Gasteiger partial charge < -0.3 is 23.7 Å². The second-order valence-electron chi connectivity index (χ2n) is 7.63. The second-order valence-corrected chi connectivity index (χ2v) is 8.35. The Morgan fingerprint density at radius 1 is 1.21 bits per heavy atom. The Labute approximate surface area is 192 Å². The molecule has 0 atom stereocenters. The maximum absolute atomic E-state index is 12.1. The predicted octanol–water partition coefficient (Wildman–Crippen LogP) is 3.74. The number of hydrogen-bond donors (Lipinski definition) is 0. The van der Waals surface area contributed by atoms with Crippen molar-refractivity contribution >= 4 is 28.1 Å². The number of aromatic nitrogens is 2. The van der Waals surface area contributed by atoms with E-state index in [4.69, 9.17) is 23.7 Å². The fourth-order valence-electron chi connectivity index (χ4n) is 4.24. The molecule has 33 heavy (non-hydrogen) atoms. The zero-order chi connectivity index (χ0) is 22.4. The molecule has 0 saturated carbocycles. The molecule has 0 fully saturated rings. The van der Waals surface area contributed by atoms with Gasteiger partial charge in [-0.3, -0.25) is 0 Å². The fraction of sp³-hybridized carbons (Fsp3) is 0.208. The van der Waals surface area contributed by atoms with E-state index < -0.39 is 5.97 Å². The molecule has 0 aliphatic carbocycles. The molecule has 2 aromatic carbocycles. The van der Waals surface area contributed by atoms with Crippen LogP contribution >= 0.6 is 11.3 Å². The van der Waals surface area contributed by atoms with Crippen LogP contribution in [0.2, 0.25) is 0 Å². The van der Waals surface area contributed by atoms with E-state index in [9.17, 15) is 4.79 Å². The number of hydrogen-bond acceptors (Lipinski definition) is 8. The average Bonchev–Trinajstić information content (AvgIpc) is 3.53. The molecular weight excluding hydrogens is 444 g/mol. The summed E-state index contributed by atoms with van der Waals surface area (Å²) in [7, 11) is 1.58. The summed E-state index contributed by atoms with van der Waals surface area (Å²) in [6, 6.07) is 10.1. The van der Waals surface area contributed by atoms with Gasteiger partial charge in [-0.05, 0) is 35.2 Å². The Balaban J connectivity index is 1.36. The lowest BCUT2D eigenvalue weighted by Crippen LogP contribution is -2.40. The fourth-order valence-corrected chi connectivity index (χ4v) is 4.76. The van der Waals surface area contributed by atoms with E-state index in [1.807, 2.05) is 18.2 Å². The third kappa shape index (κ3) is 3.41. The van der Waals surface area contributed by atoms with Crippen molar-refractivity contribution < 1.29 is 33.0 Å². The summed E-state index contributed by atoms with van der Waals surface area (Å²) in [4.78, 5) is 16.0. The molecule has 2 aliphatic rings. The van der Waals surface area contributed by atoms with E-state index in [2.05, 4.69) is 27.9 Å². The summed E-state index contributed by atoms with van der Waals surface area (Å²) in [6.45, 7) is 0.816. The van der Waals surface area contributed by atoms with Crippen molar-refractivity contribution in [1.29, 1.82) is 0 Å². The van der Waals surface area contributed by atoms with Crippen molar-refractivity contribution in [3.05, 3.63) is 58.7 Å². The summed E-state index contributed by atoms with van der Waals surface area (Å²) >= 11 is 1.33. The van der Waals surface area contributed by atoms with E-state index in [0.29, 0.717) is 11.5 Å². The molecule has 0 unspecified atom stereocenters. The van der Waals surface area contributed by atoms with Crippen LogP contribution in [0.25, 0.3) is 22.0 Å². The highest BCUT2D eigenvalue weighted by atomic mass is 32.1. The van der Waals surface area contributed by atoms with Crippen molar-refractivity contribution in [1.82, 2.24) is 4.98 Å². The lowest BCUT2D eigenvalue weighted by atomic mass is 9.95. The predicted molar refractivity (Wildman–Crippen MR) is 119 cm³/mol. The Morgan fingerprint density at radius 2 is 2.09 bits per heavy atom. The largest absolute Gasteiger partial charge is 0.493 e. The van der Waals surface area contributed by atoms with Crippen LogP contribution in [0.3, 0.4) is 0 Å². The lowest BCUT2D eigenvalue weighted by molar-refractivity contribution is -0.686. The van der Waals surface area contributed by atoms with Gasteiger partial charge in [-0.1, -0.05) is 0 Å². The molecule has 0 amide bonds. The van der Waals surface area contributed by atoms with Gasteiger partial charge in [-0.25, -0.2) is 9.78 Å². The molecule has 6 rings (SSSR count). The summed E-state index contributed by atoms with van der Waals surface area (Å²) in [5.41, 5.74) is 5.29. The molecule has 4 aromatic rings. The number of carbonyl (C=O) groups excluding carboxylic acids is 1. The van der Waals surface area contributed by atoms with Gasteiger partial charge in [0.15, 0.2) is 41.4 Å². The second kappa shape index (κ2) is 7.93.